The van der Waals surface area contributed by atoms with Crippen molar-refractivity contribution in [3.63, 3.8) is 0 Å². The van der Waals surface area contributed by atoms with Gasteiger partial charge in [0.2, 0.25) is 0 Å². The molecule has 22 heavy (non-hydrogen) atoms. The smallest absolute Gasteiger partial charge is 0.298 e. The summed E-state index contributed by atoms with van der Waals surface area (Å²) in [6, 6.07) is 11.6. The van der Waals surface area contributed by atoms with Gasteiger partial charge in [-0.2, -0.15) is 0 Å². The minimum absolute atomic E-state index is 0.0364. The van der Waals surface area contributed by atoms with Crippen LogP contribution in [0, 0.1) is 5.82 Å². The van der Waals surface area contributed by atoms with E-state index in [0.29, 0.717) is 11.3 Å². The van der Waals surface area contributed by atoms with Gasteiger partial charge in [0, 0.05) is 6.07 Å². The van der Waals surface area contributed by atoms with Gasteiger partial charge in [-0.15, -0.1) is 0 Å². The minimum atomic E-state index is -0.495. The van der Waals surface area contributed by atoms with Crippen LogP contribution in [0.1, 0.15) is 5.56 Å². The topological polar surface area (TPSA) is 57.6 Å². The summed E-state index contributed by atoms with van der Waals surface area (Å²) < 4.78 is 13.2. The Labute approximate surface area is 129 Å². The molecule has 6 heteroatoms. The number of halogens is 1. The number of amides is 2. The minimum Gasteiger partial charge on any atom is -0.508 e. The zero-order chi connectivity index (χ0) is 15.7. The Bertz CT molecular complexity index is 803. The van der Waals surface area contributed by atoms with E-state index in [-0.39, 0.29) is 10.7 Å². The first-order valence-electron chi connectivity index (χ1n) is 6.37. The molecule has 0 radical (unpaired) electrons. The SMILES string of the molecule is O=C1S/C(=C\c2cccc(F)c2)C(=O)N1c1cccc(O)c1. The Morgan fingerprint density at radius 2 is 1.86 bits per heavy atom. The molecule has 3 rings (SSSR count). The standard InChI is InChI=1S/C16H10FNO3S/c17-11-4-1-3-10(7-11)8-14-15(20)18(16(21)22-14)12-5-2-6-13(19)9-12/h1-9,19H/b14-8-. The molecular weight excluding hydrogens is 305 g/mol. The lowest BCUT2D eigenvalue weighted by atomic mass is 10.2. The Morgan fingerprint density at radius 1 is 1.09 bits per heavy atom. The number of nitrogens with zero attached hydrogens (tertiary/aromatic N) is 1. The molecule has 0 spiro atoms. The molecule has 1 fully saturated rings. The van der Waals surface area contributed by atoms with E-state index in [1.807, 2.05) is 0 Å². The molecule has 0 saturated carbocycles. The molecule has 0 atom stereocenters. The quantitative estimate of drug-likeness (QED) is 0.857. The van der Waals surface area contributed by atoms with Crippen LogP contribution in [-0.4, -0.2) is 16.3 Å². The number of phenolic OH excluding ortho intramolecular Hbond substituents is 1. The molecule has 1 heterocycles. The highest BCUT2D eigenvalue weighted by Gasteiger charge is 2.36. The molecule has 1 saturated heterocycles. The summed E-state index contributed by atoms with van der Waals surface area (Å²) in [6.45, 7) is 0. The van der Waals surface area contributed by atoms with Gasteiger partial charge < -0.3 is 5.11 Å². The van der Waals surface area contributed by atoms with Crippen molar-refractivity contribution in [2.75, 3.05) is 4.90 Å². The van der Waals surface area contributed by atoms with Crippen LogP contribution in [0.4, 0.5) is 14.9 Å². The molecular formula is C16H10FNO3S. The third-order valence-electron chi connectivity index (χ3n) is 3.03. The highest BCUT2D eigenvalue weighted by Crippen LogP contribution is 2.36. The summed E-state index contributed by atoms with van der Waals surface area (Å²) in [7, 11) is 0. The average Bonchev–Trinajstić information content (AvgIpc) is 2.73. The molecule has 4 nitrogen and oxygen atoms in total. The summed E-state index contributed by atoms with van der Waals surface area (Å²) in [4.78, 5) is 25.6. The van der Waals surface area contributed by atoms with Crippen LogP contribution in [0.25, 0.3) is 6.08 Å². The van der Waals surface area contributed by atoms with Crippen LogP contribution >= 0.6 is 11.8 Å². The van der Waals surface area contributed by atoms with Gasteiger partial charge in [-0.25, -0.2) is 9.29 Å². The van der Waals surface area contributed by atoms with Gasteiger partial charge in [-0.1, -0.05) is 18.2 Å². The van der Waals surface area contributed by atoms with Gasteiger partial charge in [-0.3, -0.25) is 9.59 Å². The molecule has 2 aromatic rings. The van der Waals surface area contributed by atoms with E-state index in [9.17, 15) is 19.1 Å². The number of hydrogen-bond acceptors (Lipinski definition) is 4. The van der Waals surface area contributed by atoms with E-state index in [0.717, 1.165) is 16.7 Å². The van der Waals surface area contributed by atoms with E-state index < -0.39 is 17.0 Å². The van der Waals surface area contributed by atoms with E-state index in [1.54, 1.807) is 18.2 Å². The number of phenols is 1. The molecule has 110 valence electrons. The van der Waals surface area contributed by atoms with Crippen LogP contribution < -0.4 is 4.90 Å². The van der Waals surface area contributed by atoms with Gasteiger partial charge in [0.1, 0.15) is 11.6 Å². The second kappa shape index (κ2) is 5.65. The summed E-state index contributed by atoms with van der Waals surface area (Å²) in [5.74, 6) is -0.948. The van der Waals surface area contributed by atoms with Crippen molar-refractivity contribution in [3.05, 3.63) is 64.8 Å². The van der Waals surface area contributed by atoms with E-state index in [1.165, 1.54) is 36.4 Å². The number of imide groups is 1. The number of carbonyl (C=O) groups excluding carboxylic acids is 2. The van der Waals surface area contributed by atoms with Gasteiger partial charge in [-0.05, 0) is 47.7 Å². The highest BCUT2D eigenvalue weighted by atomic mass is 32.2. The Balaban J connectivity index is 1.95. The molecule has 2 amide bonds. The van der Waals surface area contributed by atoms with Gasteiger partial charge >= 0.3 is 0 Å². The van der Waals surface area contributed by atoms with Crippen molar-refractivity contribution in [1.82, 2.24) is 0 Å². The fourth-order valence-corrected chi connectivity index (χ4v) is 2.91. The largest absolute Gasteiger partial charge is 0.508 e. The number of rotatable bonds is 2. The Kier molecular flexibility index (Phi) is 3.68. The van der Waals surface area contributed by atoms with E-state index in [4.69, 9.17) is 0 Å². The highest BCUT2D eigenvalue weighted by molar-refractivity contribution is 8.19. The summed E-state index contributed by atoms with van der Waals surface area (Å²) in [6.07, 6.45) is 1.47. The number of aromatic hydroxyl groups is 1. The number of thioether (sulfide) groups is 1. The molecule has 2 aromatic carbocycles. The van der Waals surface area contributed by atoms with E-state index >= 15 is 0 Å². The van der Waals surface area contributed by atoms with Crippen molar-refractivity contribution in [2.24, 2.45) is 0 Å². The van der Waals surface area contributed by atoms with Crippen LogP contribution in [0.15, 0.2) is 53.4 Å². The van der Waals surface area contributed by atoms with Gasteiger partial charge in [0.05, 0.1) is 10.6 Å². The molecule has 1 aliphatic heterocycles. The second-order valence-electron chi connectivity index (χ2n) is 4.59. The summed E-state index contributed by atoms with van der Waals surface area (Å²) in [5, 5.41) is 9.01. The molecule has 1 aliphatic rings. The first-order chi connectivity index (χ1) is 10.5. The molecule has 0 aromatic heterocycles. The lowest BCUT2D eigenvalue weighted by Crippen LogP contribution is -2.27. The summed E-state index contributed by atoms with van der Waals surface area (Å²) >= 11 is 0.778. The van der Waals surface area contributed by atoms with Crippen LogP contribution in [0.2, 0.25) is 0 Å². The fraction of sp³-hybridized carbons (Fsp3) is 0. The van der Waals surface area contributed by atoms with Crippen molar-refractivity contribution >= 4 is 34.7 Å². The van der Waals surface area contributed by atoms with Crippen molar-refractivity contribution < 1.29 is 19.1 Å². The summed E-state index contributed by atoms with van der Waals surface area (Å²) in [5.41, 5.74) is 0.798. The number of hydrogen-bond donors (Lipinski definition) is 1. The van der Waals surface area contributed by atoms with E-state index in [2.05, 4.69) is 0 Å². The van der Waals surface area contributed by atoms with Crippen LogP contribution in [0.5, 0.6) is 5.75 Å². The molecule has 1 N–H and O–H groups in total. The maximum absolute atomic E-state index is 13.2. The number of carbonyl (C=O) groups is 2. The first-order valence-corrected chi connectivity index (χ1v) is 7.19. The number of benzene rings is 2. The Morgan fingerprint density at radius 3 is 2.59 bits per heavy atom. The van der Waals surface area contributed by atoms with Crippen LogP contribution in [-0.2, 0) is 4.79 Å². The predicted molar refractivity (Wildman–Crippen MR) is 83.0 cm³/mol. The second-order valence-corrected chi connectivity index (χ2v) is 5.59. The van der Waals surface area contributed by atoms with Gasteiger partial charge in [0.15, 0.2) is 0 Å². The zero-order valence-corrected chi connectivity index (χ0v) is 12.0. The van der Waals surface area contributed by atoms with Crippen molar-refractivity contribution in [3.8, 4) is 5.75 Å². The average molecular weight is 315 g/mol. The van der Waals surface area contributed by atoms with Crippen molar-refractivity contribution in [2.45, 2.75) is 0 Å². The fourth-order valence-electron chi connectivity index (χ4n) is 2.07. The zero-order valence-electron chi connectivity index (χ0n) is 11.2. The maximum atomic E-state index is 13.2. The monoisotopic (exact) mass is 315 g/mol. The lowest BCUT2D eigenvalue weighted by molar-refractivity contribution is -0.113. The first kappa shape index (κ1) is 14.3. The third kappa shape index (κ3) is 2.73. The number of anilines is 1. The maximum Gasteiger partial charge on any atom is 0.298 e. The third-order valence-corrected chi connectivity index (χ3v) is 3.90. The normalized spacial score (nSPS) is 16.6. The molecule has 0 unspecified atom stereocenters. The van der Waals surface area contributed by atoms with Crippen LogP contribution in [0.3, 0.4) is 0 Å². The Hall–Kier alpha value is -2.60. The molecule has 0 bridgehead atoms. The molecule has 0 aliphatic carbocycles. The van der Waals surface area contributed by atoms with Gasteiger partial charge in [0.25, 0.3) is 11.1 Å². The predicted octanol–water partition coefficient (Wildman–Crippen LogP) is 3.77. The van der Waals surface area contributed by atoms with Crippen molar-refractivity contribution in [1.29, 1.82) is 0 Å². The lowest BCUT2D eigenvalue weighted by Gasteiger charge is -2.12.